The first-order chi connectivity index (χ1) is 12.7. The van der Waals surface area contributed by atoms with Crippen LogP contribution in [-0.2, 0) is 24.8 Å². The third kappa shape index (κ3) is 6.38. The number of sulfone groups is 1. The quantitative estimate of drug-likeness (QED) is 0.475. The Morgan fingerprint density at radius 2 is 1.33 bits per heavy atom. The third-order valence-corrected chi connectivity index (χ3v) is 8.74. The first-order valence-corrected chi connectivity index (χ1v) is 12.8. The minimum absolute atomic E-state index is 0.0321. The van der Waals surface area contributed by atoms with Crippen LogP contribution in [0.3, 0.4) is 0 Å². The van der Waals surface area contributed by atoms with Crippen LogP contribution in [0.1, 0.15) is 26.2 Å². The summed E-state index contributed by atoms with van der Waals surface area (Å²) < 4.78 is 52.5. The summed E-state index contributed by atoms with van der Waals surface area (Å²) in [4.78, 5) is 15.9. The zero-order valence-electron chi connectivity index (χ0n) is 16.3. The molecule has 158 valence electrons. The number of rotatable bonds is 8. The van der Waals surface area contributed by atoms with E-state index in [4.69, 9.17) is 0 Å². The monoisotopic (exact) mass is 424 g/mol. The molecule has 0 unspecified atom stereocenters. The Bertz CT molecular complexity index is 694. The predicted molar refractivity (Wildman–Crippen MR) is 104 cm³/mol. The highest BCUT2D eigenvalue weighted by Crippen LogP contribution is 2.15. The van der Waals surface area contributed by atoms with E-state index in [1.54, 1.807) is 0 Å². The smallest absolute Gasteiger partial charge is 0.282 e. The van der Waals surface area contributed by atoms with E-state index >= 15 is 0 Å². The Morgan fingerprint density at radius 1 is 0.815 bits per heavy atom. The molecule has 2 fully saturated rings. The van der Waals surface area contributed by atoms with Crippen molar-refractivity contribution in [3.05, 3.63) is 0 Å². The van der Waals surface area contributed by atoms with Gasteiger partial charge in [0, 0.05) is 52.4 Å². The van der Waals surface area contributed by atoms with Crippen LogP contribution in [0.2, 0.25) is 0 Å². The van der Waals surface area contributed by atoms with E-state index in [9.17, 15) is 21.6 Å². The van der Waals surface area contributed by atoms with E-state index in [2.05, 4.69) is 4.90 Å². The molecule has 27 heavy (non-hydrogen) atoms. The van der Waals surface area contributed by atoms with Gasteiger partial charge in [0.2, 0.25) is 5.91 Å². The van der Waals surface area contributed by atoms with E-state index in [-0.39, 0.29) is 31.9 Å². The van der Waals surface area contributed by atoms with E-state index in [1.165, 1.54) is 13.5 Å². The molecule has 2 aliphatic rings. The zero-order chi connectivity index (χ0) is 20.1. The van der Waals surface area contributed by atoms with Gasteiger partial charge in [0.1, 0.15) is 5.75 Å². The third-order valence-electron chi connectivity index (χ3n) is 5.11. The summed E-state index contributed by atoms with van der Waals surface area (Å²) in [7, 11) is -4.96. The van der Waals surface area contributed by atoms with Gasteiger partial charge >= 0.3 is 0 Å². The molecule has 11 heteroatoms. The second-order valence-corrected chi connectivity index (χ2v) is 11.4. The highest BCUT2D eigenvalue weighted by molar-refractivity contribution is 7.92. The van der Waals surface area contributed by atoms with Crippen molar-refractivity contribution in [1.82, 2.24) is 18.4 Å². The molecule has 0 aliphatic carbocycles. The fraction of sp³-hybridized carbons (Fsp3) is 0.938. The number of unbranched alkanes of at least 4 members (excludes halogenated alkanes) is 2. The number of piperazine rings is 2. The van der Waals surface area contributed by atoms with Crippen LogP contribution in [0.4, 0.5) is 0 Å². The summed E-state index contributed by atoms with van der Waals surface area (Å²) in [6.07, 6.45) is 2.33. The lowest BCUT2D eigenvalue weighted by Crippen LogP contribution is -2.57. The number of amides is 1. The van der Waals surface area contributed by atoms with Crippen molar-refractivity contribution >= 4 is 26.0 Å². The SMILES string of the molecule is CCCCCS(=O)(=O)CC(=O)N1CCN(S(=O)(=O)N2CCN(C)CC2)CC1. The minimum Gasteiger partial charge on any atom is -0.339 e. The van der Waals surface area contributed by atoms with Gasteiger partial charge in [-0.3, -0.25) is 4.79 Å². The molecule has 0 aromatic heterocycles. The zero-order valence-corrected chi connectivity index (χ0v) is 18.0. The standard InChI is InChI=1S/C16H32N4O5S2/c1-3-4-5-14-26(22,23)15-16(21)18-8-12-20(13-9-18)27(24,25)19-10-6-17(2)7-11-19/h3-15H2,1-2H3. The lowest BCUT2D eigenvalue weighted by Gasteiger charge is -2.39. The Hall–Kier alpha value is -0.750. The maximum absolute atomic E-state index is 12.7. The molecular weight excluding hydrogens is 392 g/mol. The van der Waals surface area contributed by atoms with Gasteiger partial charge in [-0.2, -0.15) is 17.0 Å². The number of likely N-dealkylation sites (N-methyl/N-ethyl adjacent to an activating group) is 1. The van der Waals surface area contributed by atoms with Crippen LogP contribution < -0.4 is 0 Å². The van der Waals surface area contributed by atoms with Gasteiger partial charge in [-0.25, -0.2) is 8.42 Å². The summed E-state index contributed by atoms with van der Waals surface area (Å²) in [5.41, 5.74) is 0. The van der Waals surface area contributed by atoms with Gasteiger partial charge in [-0.05, 0) is 13.5 Å². The van der Waals surface area contributed by atoms with Crippen molar-refractivity contribution in [3.8, 4) is 0 Å². The van der Waals surface area contributed by atoms with E-state index < -0.39 is 31.7 Å². The molecule has 0 radical (unpaired) electrons. The normalized spacial score (nSPS) is 21.5. The van der Waals surface area contributed by atoms with Crippen molar-refractivity contribution in [2.45, 2.75) is 26.2 Å². The molecule has 0 aromatic rings. The summed E-state index contributed by atoms with van der Waals surface area (Å²) in [5.74, 6) is -0.880. The number of nitrogens with zero attached hydrogens (tertiary/aromatic N) is 4. The summed E-state index contributed by atoms with van der Waals surface area (Å²) >= 11 is 0. The van der Waals surface area contributed by atoms with Crippen LogP contribution in [0.15, 0.2) is 0 Å². The number of carbonyl (C=O) groups excluding carboxylic acids is 1. The number of hydrogen-bond donors (Lipinski definition) is 0. The van der Waals surface area contributed by atoms with Gasteiger partial charge in [0.15, 0.2) is 9.84 Å². The maximum atomic E-state index is 12.7. The molecule has 0 spiro atoms. The van der Waals surface area contributed by atoms with Crippen LogP contribution in [0, 0.1) is 0 Å². The molecule has 0 N–H and O–H groups in total. The molecule has 1 amide bonds. The van der Waals surface area contributed by atoms with E-state index in [1.807, 2.05) is 14.0 Å². The second-order valence-electron chi connectivity index (χ2n) is 7.29. The first-order valence-electron chi connectivity index (χ1n) is 9.57. The highest BCUT2D eigenvalue weighted by atomic mass is 32.2. The summed E-state index contributed by atoms with van der Waals surface area (Å²) in [6, 6.07) is 0. The highest BCUT2D eigenvalue weighted by Gasteiger charge is 2.35. The molecule has 0 bridgehead atoms. The van der Waals surface area contributed by atoms with Crippen LogP contribution in [-0.4, -0.2) is 112 Å². The van der Waals surface area contributed by atoms with Crippen LogP contribution in [0.5, 0.6) is 0 Å². The molecule has 9 nitrogen and oxygen atoms in total. The Balaban J connectivity index is 1.84. The van der Waals surface area contributed by atoms with Gasteiger partial charge in [0.25, 0.3) is 10.2 Å². The average molecular weight is 425 g/mol. The molecular formula is C16H32N4O5S2. The van der Waals surface area contributed by atoms with Crippen molar-refractivity contribution < 1.29 is 21.6 Å². The van der Waals surface area contributed by atoms with Gasteiger partial charge in [-0.15, -0.1) is 0 Å². The lowest BCUT2D eigenvalue weighted by atomic mass is 10.3. The molecule has 0 aromatic carbocycles. The Morgan fingerprint density at radius 3 is 1.85 bits per heavy atom. The van der Waals surface area contributed by atoms with Crippen LogP contribution in [0.25, 0.3) is 0 Å². The van der Waals surface area contributed by atoms with E-state index in [0.717, 1.165) is 12.8 Å². The van der Waals surface area contributed by atoms with Crippen molar-refractivity contribution in [2.24, 2.45) is 0 Å². The molecule has 2 saturated heterocycles. The van der Waals surface area contributed by atoms with Gasteiger partial charge in [0.05, 0.1) is 5.75 Å². The summed E-state index contributed by atoms with van der Waals surface area (Å²) in [5, 5.41) is 0. The number of carbonyl (C=O) groups is 1. The topological polar surface area (TPSA) is 98.3 Å². The predicted octanol–water partition coefficient (Wildman–Crippen LogP) is -0.772. The molecule has 2 heterocycles. The second kappa shape index (κ2) is 9.64. The van der Waals surface area contributed by atoms with Crippen molar-refractivity contribution in [2.75, 3.05) is 70.9 Å². The average Bonchev–Trinajstić information content (AvgIpc) is 2.62. The summed E-state index contributed by atoms with van der Waals surface area (Å²) in [6.45, 7) is 5.20. The van der Waals surface area contributed by atoms with Crippen LogP contribution >= 0.6 is 0 Å². The van der Waals surface area contributed by atoms with E-state index in [0.29, 0.717) is 32.6 Å². The fourth-order valence-corrected chi connectivity index (χ4v) is 6.20. The largest absolute Gasteiger partial charge is 0.339 e. The van der Waals surface area contributed by atoms with Gasteiger partial charge in [-0.1, -0.05) is 19.8 Å². The number of hydrogen-bond acceptors (Lipinski definition) is 6. The lowest BCUT2D eigenvalue weighted by molar-refractivity contribution is -0.129. The molecule has 2 aliphatic heterocycles. The molecule has 0 saturated carbocycles. The van der Waals surface area contributed by atoms with Crippen molar-refractivity contribution in [3.63, 3.8) is 0 Å². The fourth-order valence-electron chi connectivity index (χ4n) is 3.27. The molecule has 0 atom stereocenters. The first kappa shape index (κ1) is 22.5. The van der Waals surface area contributed by atoms with Gasteiger partial charge < -0.3 is 9.80 Å². The maximum Gasteiger partial charge on any atom is 0.282 e. The Labute approximate surface area is 163 Å². The Kier molecular flexibility index (Phi) is 8.05. The molecule has 2 rings (SSSR count). The van der Waals surface area contributed by atoms with Crippen molar-refractivity contribution in [1.29, 1.82) is 0 Å². The minimum atomic E-state index is -3.52.